The number of fused-ring (bicyclic) bond motifs is 2. The summed E-state index contributed by atoms with van der Waals surface area (Å²) in [6.45, 7) is 4.60. The molecule has 2 heterocycles. The summed E-state index contributed by atoms with van der Waals surface area (Å²) in [4.78, 5) is 3.02. The Labute approximate surface area is 251 Å². The standard InChI is InChI=1S/C34H54S4/c1-3-5-7-9-11-13-15-17-19-21-23-35-33-27-37-31-26-30-32(25-29(31)33)38-28-34(30)36-24-22-20-18-16-14-12-10-8-6-4-2/h25-28H,3-24H2,1-2H3. The zero-order chi connectivity index (χ0) is 26.7. The van der Waals surface area contributed by atoms with Crippen molar-refractivity contribution >= 4 is 66.4 Å². The van der Waals surface area contributed by atoms with Gasteiger partial charge in [0.2, 0.25) is 0 Å². The maximum Gasteiger partial charge on any atom is 0.0361 e. The molecular formula is C34H54S4. The number of unbranched alkanes of at least 4 members (excludes halogenated alkanes) is 18. The molecule has 214 valence electrons. The maximum atomic E-state index is 2.48. The second kappa shape index (κ2) is 20.7. The van der Waals surface area contributed by atoms with Crippen molar-refractivity contribution in [2.24, 2.45) is 0 Å². The van der Waals surface area contributed by atoms with Crippen LogP contribution < -0.4 is 0 Å². The SMILES string of the molecule is CCCCCCCCCCCCSc1csc2cc3c(SCCCCCCCCCCCC)csc3cc12. The molecule has 0 atom stereocenters. The molecule has 0 aliphatic heterocycles. The van der Waals surface area contributed by atoms with Gasteiger partial charge in [0.25, 0.3) is 0 Å². The number of hydrogen-bond acceptors (Lipinski definition) is 4. The molecule has 0 N–H and O–H groups in total. The zero-order valence-electron chi connectivity index (χ0n) is 24.5. The molecular weight excluding hydrogens is 537 g/mol. The highest BCUT2D eigenvalue weighted by Crippen LogP contribution is 2.41. The van der Waals surface area contributed by atoms with Gasteiger partial charge in [-0.25, -0.2) is 0 Å². The molecule has 0 saturated heterocycles. The average Bonchev–Trinajstić information content (AvgIpc) is 3.52. The predicted molar refractivity (Wildman–Crippen MR) is 182 cm³/mol. The fourth-order valence-corrected chi connectivity index (χ4v) is 9.70. The van der Waals surface area contributed by atoms with Gasteiger partial charge in [-0.2, -0.15) is 0 Å². The van der Waals surface area contributed by atoms with E-state index < -0.39 is 0 Å². The second-order valence-electron chi connectivity index (χ2n) is 11.1. The highest BCUT2D eigenvalue weighted by atomic mass is 32.2. The Hall–Kier alpha value is -0.160. The largest absolute Gasteiger partial charge is 0.143 e. The smallest absolute Gasteiger partial charge is 0.0361 e. The van der Waals surface area contributed by atoms with E-state index in [1.54, 1.807) is 0 Å². The summed E-state index contributed by atoms with van der Waals surface area (Å²) >= 11 is 8.06. The van der Waals surface area contributed by atoms with Crippen molar-refractivity contribution in [3.05, 3.63) is 22.9 Å². The Morgan fingerprint density at radius 2 is 0.763 bits per heavy atom. The highest BCUT2D eigenvalue weighted by molar-refractivity contribution is 8.00. The van der Waals surface area contributed by atoms with Crippen molar-refractivity contribution in [3.63, 3.8) is 0 Å². The zero-order valence-corrected chi connectivity index (χ0v) is 27.8. The lowest BCUT2D eigenvalue weighted by Gasteiger charge is -2.04. The molecule has 0 nitrogen and oxygen atoms in total. The first-order valence-electron chi connectivity index (χ1n) is 16.0. The van der Waals surface area contributed by atoms with Crippen LogP contribution >= 0.6 is 46.2 Å². The number of thiophene rings is 2. The van der Waals surface area contributed by atoms with E-state index in [2.05, 4.69) is 60.3 Å². The van der Waals surface area contributed by atoms with Crippen molar-refractivity contribution in [1.82, 2.24) is 0 Å². The van der Waals surface area contributed by atoms with Crippen LogP contribution in [-0.4, -0.2) is 11.5 Å². The summed E-state index contributed by atoms with van der Waals surface area (Å²) in [7, 11) is 0. The summed E-state index contributed by atoms with van der Waals surface area (Å²) < 4.78 is 2.95. The lowest BCUT2D eigenvalue weighted by Crippen LogP contribution is -1.84. The van der Waals surface area contributed by atoms with Gasteiger partial charge in [0.1, 0.15) is 0 Å². The molecule has 0 aliphatic carbocycles. The maximum absolute atomic E-state index is 2.48. The van der Waals surface area contributed by atoms with E-state index in [0.717, 1.165) is 0 Å². The first kappa shape index (κ1) is 32.4. The second-order valence-corrected chi connectivity index (χ2v) is 15.2. The fourth-order valence-electron chi connectivity index (χ4n) is 5.27. The molecule has 3 aromatic rings. The summed E-state index contributed by atoms with van der Waals surface area (Å²) in [6.07, 6.45) is 28.4. The highest BCUT2D eigenvalue weighted by Gasteiger charge is 2.11. The molecule has 0 radical (unpaired) electrons. The monoisotopic (exact) mass is 590 g/mol. The number of hydrogen-bond donors (Lipinski definition) is 0. The van der Waals surface area contributed by atoms with E-state index in [4.69, 9.17) is 0 Å². The quantitative estimate of drug-likeness (QED) is 0.0751. The van der Waals surface area contributed by atoms with E-state index in [-0.39, 0.29) is 0 Å². The van der Waals surface area contributed by atoms with Gasteiger partial charge in [-0.15, -0.1) is 46.2 Å². The Kier molecular flexibility index (Phi) is 17.6. The summed E-state index contributed by atoms with van der Waals surface area (Å²) in [5.74, 6) is 2.54. The normalized spacial score (nSPS) is 11.8. The van der Waals surface area contributed by atoms with Crippen LogP contribution in [0.15, 0.2) is 32.7 Å². The lowest BCUT2D eigenvalue weighted by molar-refractivity contribution is 0.563. The van der Waals surface area contributed by atoms with Crippen LogP contribution in [0, 0.1) is 0 Å². The minimum absolute atomic E-state index is 1.27. The molecule has 0 fully saturated rings. The lowest BCUT2D eigenvalue weighted by atomic mass is 10.1. The fraction of sp³-hybridized carbons (Fsp3) is 0.706. The third-order valence-electron chi connectivity index (χ3n) is 7.71. The molecule has 0 aliphatic rings. The van der Waals surface area contributed by atoms with Crippen LogP contribution in [0.3, 0.4) is 0 Å². The Balaban J connectivity index is 1.30. The van der Waals surface area contributed by atoms with Gasteiger partial charge in [-0.3, -0.25) is 0 Å². The topological polar surface area (TPSA) is 0 Å². The molecule has 3 rings (SSSR count). The van der Waals surface area contributed by atoms with Gasteiger partial charge in [-0.1, -0.05) is 129 Å². The Morgan fingerprint density at radius 1 is 0.447 bits per heavy atom. The van der Waals surface area contributed by atoms with Crippen LogP contribution in [0.4, 0.5) is 0 Å². The third-order valence-corrected chi connectivity index (χ3v) is 12.2. The van der Waals surface area contributed by atoms with E-state index in [1.165, 1.54) is 170 Å². The van der Waals surface area contributed by atoms with Crippen LogP contribution in [0.2, 0.25) is 0 Å². The summed E-state index contributed by atoms with van der Waals surface area (Å²) in [5, 5.41) is 7.80. The average molecular weight is 591 g/mol. The molecule has 0 amide bonds. The molecule has 4 heteroatoms. The number of thioether (sulfide) groups is 2. The molecule has 0 unspecified atom stereocenters. The van der Waals surface area contributed by atoms with E-state index in [9.17, 15) is 0 Å². The van der Waals surface area contributed by atoms with E-state index in [0.29, 0.717) is 0 Å². The van der Waals surface area contributed by atoms with Crippen molar-refractivity contribution in [1.29, 1.82) is 0 Å². The van der Waals surface area contributed by atoms with Gasteiger partial charge in [0.15, 0.2) is 0 Å². The van der Waals surface area contributed by atoms with Crippen LogP contribution in [0.5, 0.6) is 0 Å². The molecule has 1 aromatic carbocycles. The summed E-state index contributed by atoms with van der Waals surface area (Å²) in [5.41, 5.74) is 0. The first-order chi connectivity index (χ1) is 18.8. The molecule has 0 bridgehead atoms. The van der Waals surface area contributed by atoms with Gasteiger partial charge >= 0.3 is 0 Å². The van der Waals surface area contributed by atoms with Crippen LogP contribution in [0.25, 0.3) is 20.2 Å². The first-order valence-corrected chi connectivity index (χ1v) is 19.7. The van der Waals surface area contributed by atoms with Gasteiger partial charge in [-0.05, 0) is 36.5 Å². The molecule has 38 heavy (non-hydrogen) atoms. The minimum Gasteiger partial charge on any atom is -0.143 e. The van der Waals surface area contributed by atoms with E-state index in [1.807, 2.05) is 22.7 Å². The van der Waals surface area contributed by atoms with Gasteiger partial charge in [0, 0.05) is 40.7 Å². The molecule has 0 spiro atoms. The molecule has 2 aromatic heterocycles. The van der Waals surface area contributed by atoms with Crippen LogP contribution in [0.1, 0.15) is 142 Å². The van der Waals surface area contributed by atoms with Gasteiger partial charge < -0.3 is 0 Å². The van der Waals surface area contributed by atoms with Crippen molar-refractivity contribution in [2.45, 2.75) is 152 Å². The summed E-state index contributed by atoms with van der Waals surface area (Å²) in [6, 6.07) is 4.97. The van der Waals surface area contributed by atoms with Crippen LogP contribution in [-0.2, 0) is 0 Å². The van der Waals surface area contributed by atoms with E-state index >= 15 is 0 Å². The van der Waals surface area contributed by atoms with Gasteiger partial charge in [0.05, 0.1) is 0 Å². The predicted octanol–water partition coefficient (Wildman–Crippen LogP) is 14.1. The van der Waals surface area contributed by atoms with Crippen molar-refractivity contribution in [2.75, 3.05) is 11.5 Å². The van der Waals surface area contributed by atoms with Crippen molar-refractivity contribution < 1.29 is 0 Å². The number of benzene rings is 1. The third kappa shape index (κ3) is 12.1. The minimum atomic E-state index is 1.27. The van der Waals surface area contributed by atoms with Crippen molar-refractivity contribution in [3.8, 4) is 0 Å². The molecule has 0 saturated carbocycles. The Morgan fingerprint density at radius 3 is 1.11 bits per heavy atom. The number of rotatable bonds is 24. The Bertz CT molecular complexity index is 905.